The summed E-state index contributed by atoms with van der Waals surface area (Å²) in [5.41, 5.74) is 1.08. The molecule has 1 aromatic carbocycles. The fourth-order valence-corrected chi connectivity index (χ4v) is 2.39. The molecule has 0 spiro atoms. The lowest BCUT2D eigenvalue weighted by Crippen LogP contribution is -2.36. The average Bonchev–Trinajstić information content (AvgIpc) is 3.09. The lowest BCUT2D eigenvalue weighted by molar-refractivity contribution is 0.0931. The van der Waals surface area contributed by atoms with Crippen LogP contribution in [0.25, 0.3) is 11.3 Å². The summed E-state index contributed by atoms with van der Waals surface area (Å²) in [4.78, 5) is 12.0. The maximum atomic E-state index is 12.0. The predicted molar refractivity (Wildman–Crippen MR) is 82.9 cm³/mol. The summed E-state index contributed by atoms with van der Waals surface area (Å²) < 4.78 is 5.21. The van der Waals surface area contributed by atoms with E-state index >= 15 is 0 Å². The number of amides is 1. The molecule has 2 aromatic rings. The number of aromatic nitrogens is 1. The van der Waals surface area contributed by atoms with Gasteiger partial charge in [0, 0.05) is 29.2 Å². The minimum atomic E-state index is -0.212. The number of halogens is 2. The van der Waals surface area contributed by atoms with E-state index in [4.69, 9.17) is 16.1 Å². The highest BCUT2D eigenvalue weighted by Crippen LogP contribution is 2.23. The Balaban J connectivity index is 0.00000161. The third kappa shape index (κ3) is 3.75. The van der Waals surface area contributed by atoms with Crippen LogP contribution in [0.1, 0.15) is 16.9 Å². The second kappa shape index (κ2) is 6.93. The first-order valence-corrected chi connectivity index (χ1v) is 6.84. The molecule has 1 aliphatic heterocycles. The minimum absolute atomic E-state index is 0. The number of nitrogens with one attached hydrogen (secondary N) is 2. The van der Waals surface area contributed by atoms with Gasteiger partial charge in [-0.15, -0.1) is 12.4 Å². The van der Waals surface area contributed by atoms with Crippen LogP contribution in [0.4, 0.5) is 0 Å². The maximum Gasteiger partial charge on any atom is 0.273 e. The first-order valence-electron chi connectivity index (χ1n) is 6.46. The molecule has 1 saturated heterocycles. The highest BCUT2D eigenvalue weighted by molar-refractivity contribution is 6.30. The van der Waals surface area contributed by atoms with E-state index in [0.717, 1.165) is 25.1 Å². The molecule has 1 aliphatic rings. The van der Waals surface area contributed by atoms with Gasteiger partial charge in [-0.25, -0.2) is 0 Å². The van der Waals surface area contributed by atoms with Crippen molar-refractivity contribution in [3.8, 4) is 11.3 Å². The summed E-state index contributed by atoms with van der Waals surface area (Å²) in [6.07, 6.45) is 0.935. The molecule has 1 aromatic heterocycles. The van der Waals surface area contributed by atoms with Gasteiger partial charge in [-0.1, -0.05) is 28.9 Å². The summed E-state index contributed by atoms with van der Waals surface area (Å²) in [6.45, 7) is 1.72. The molecule has 2 heterocycles. The molecular weight excluding hydrogens is 313 g/mol. The standard InChI is InChI=1S/C14H14ClN3O2.ClH/c15-10-3-1-2-9(6-10)13-7-12(18-20-13)14(19)17-11-4-5-16-8-11;/h1-3,6-7,11,16H,4-5,8H2,(H,17,19);1H. The van der Waals surface area contributed by atoms with Crippen molar-refractivity contribution in [2.75, 3.05) is 13.1 Å². The Kier molecular flexibility index (Phi) is 5.22. The molecule has 5 nitrogen and oxygen atoms in total. The maximum absolute atomic E-state index is 12.0. The van der Waals surface area contributed by atoms with E-state index < -0.39 is 0 Å². The van der Waals surface area contributed by atoms with E-state index in [1.165, 1.54) is 0 Å². The third-order valence-electron chi connectivity index (χ3n) is 3.25. The van der Waals surface area contributed by atoms with Gasteiger partial charge in [0.05, 0.1) is 0 Å². The average molecular weight is 328 g/mol. The summed E-state index contributed by atoms with van der Waals surface area (Å²) in [5, 5.41) is 10.5. The smallest absolute Gasteiger partial charge is 0.273 e. The molecule has 112 valence electrons. The molecule has 1 unspecified atom stereocenters. The molecule has 0 radical (unpaired) electrons. The number of benzene rings is 1. The normalized spacial score (nSPS) is 17.3. The van der Waals surface area contributed by atoms with Crippen LogP contribution >= 0.6 is 24.0 Å². The minimum Gasteiger partial charge on any atom is -0.355 e. The Hall–Kier alpha value is -1.56. The zero-order valence-corrected chi connectivity index (χ0v) is 12.7. The molecule has 0 aliphatic carbocycles. The van der Waals surface area contributed by atoms with E-state index in [0.29, 0.717) is 10.8 Å². The van der Waals surface area contributed by atoms with Crippen molar-refractivity contribution in [2.24, 2.45) is 0 Å². The zero-order chi connectivity index (χ0) is 13.9. The fourth-order valence-electron chi connectivity index (χ4n) is 2.20. The van der Waals surface area contributed by atoms with E-state index in [9.17, 15) is 4.79 Å². The van der Waals surface area contributed by atoms with Gasteiger partial charge in [0.15, 0.2) is 11.5 Å². The van der Waals surface area contributed by atoms with Crippen LogP contribution < -0.4 is 10.6 Å². The molecule has 3 rings (SSSR count). The number of carbonyl (C=O) groups excluding carboxylic acids is 1. The van der Waals surface area contributed by atoms with E-state index in [-0.39, 0.29) is 30.0 Å². The fraction of sp³-hybridized carbons (Fsp3) is 0.286. The van der Waals surface area contributed by atoms with Gasteiger partial charge in [0.2, 0.25) is 0 Å². The number of hydrogen-bond acceptors (Lipinski definition) is 4. The lowest BCUT2D eigenvalue weighted by Gasteiger charge is -2.08. The highest BCUT2D eigenvalue weighted by atomic mass is 35.5. The molecule has 1 atom stereocenters. The van der Waals surface area contributed by atoms with Crippen molar-refractivity contribution in [2.45, 2.75) is 12.5 Å². The highest BCUT2D eigenvalue weighted by Gasteiger charge is 2.20. The van der Waals surface area contributed by atoms with Crippen LogP contribution in [0, 0.1) is 0 Å². The van der Waals surface area contributed by atoms with Crippen molar-refractivity contribution >= 4 is 29.9 Å². The number of rotatable bonds is 3. The van der Waals surface area contributed by atoms with Crippen molar-refractivity contribution in [3.05, 3.63) is 41.0 Å². The number of hydrogen-bond donors (Lipinski definition) is 2. The van der Waals surface area contributed by atoms with Crippen LogP contribution in [0.2, 0.25) is 5.02 Å². The van der Waals surface area contributed by atoms with Crippen LogP contribution in [0.5, 0.6) is 0 Å². The molecule has 1 fully saturated rings. The van der Waals surface area contributed by atoms with Crippen molar-refractivity contribution in [1.29, 1.82) is 0 Å². The SMILES string of the molecule is Cl.O=C(NC1CCNC1)c1cc(-c2cccc(Cl)c2)on1. The summed E-state index contributed by atoms with van der Waals surface area (Å²) >= 11 is 5.93. The van der Waals surface area contributed by atoms with Gasteiger partial charge in [0.1, 0.15) is 0 Å². The van der Waals surface area contributed by atoms with Gasteiger partial charge >= 0.3 is 0 Å². The topological polar surface area (TPSA) is 67.2 Å². The molecule has 0 saturated carbocycles. The Bertz CT molecular complexity index is 624. The first-order chi connectivity index (χ1) is 9.72. The Labute approximate surface area is 133 Å². The zero-order valence-electron chi connectivity index (χ0n) is 11.1. The van der Waals surface area contributed by atoms with Crippen LogP contribution in [0.15, 0.2) is 34.9 Å². The van der Waals surface area contributed by atoms with Gasteiger partial charge in [-0.05, 0) is 25.1 Å². The van der Waals surface area contributed by atoms with Gasteiger partial charge < -0.3 is 15.2 Å². The predicted octanol–water partition coefficient (Wildman–Crippen LogP) is 2.51. The Morgan fingerprint density at radius 1 is 1.43 bits per heavy atom. The molecule has 7 heteroatoms. The Morgan fingerprint density at radius 2 is 2.29 bits per heavy atom. The van der Waals surface area contributed by atoms with Crippen LogP contribution in [0.3, 0.4) is 0 Å². The monoisotopic (exact) mass is 327 g/mol. The van der Waals surface area contributed by atoms with Crippen molar-refractivity contribution < 1.29 is 9.32 Å². The van der Waals surface area contributed by atoms with E-state index in [1.807, 2.05) is 12.1 Å². The van der Waals surface area contributed by atoms with Crippen LogP contribution in [-0.2, 0) is 0 Å². The van der Waals surface area contributed by atoms with E-state index in [2.05, 4.69) is 15.8 Å². The summed E-state index contributed by atoms with van der Waals surface area (Å²) in [6, 6.07) is 9.02. The molecule has 21 heavy (non-hydrogen) atoms. The van der Waals surface area contributed by atoms with Gasteiger partial charge in [-0.2, -0.15) is 0 Å². The van der Waals surface area contributed by atoms with E-state index in [1.54, 1.807) is 18.2 Å². The summed E-state index contributed by atoms with van der Waals surface area (Å²) in [7, 11) is 0. The number of carbonyl (C=O) groups is 1. The molecule has 0 bridgehead atoms. The van der Waals surface area contributed by atoms with Crippen LogP contribution in [-0.4, -0.2) is 30.2 Å². The van der Waals surface area contributed by atoms with Gasteiger partial charge in [0.25, 0.3) is 5.91 Å². The molecule has 2 N–H and O–H groups in total. The van der Waals surface area contributed by atoms with Gasteiger partial charge in [-0.3, -0.25) is 4.79 Å². The third-order valence-corrected chi connectivity index (χ3v) is 3.48. The second-order valence-electron chi connectivity index (χ2n) is 4.75. The number of nitrogens with zero attached hydrogens (tertiary/aromatic N) is 1. The Morgan fingerprint density at radius 3 is 3.00 bits per heavy atom. The molecular formula is C14H15Cl2N3O2. The van der Waals surface area contributed by atoms with Crippen molar-refractivity contribution in [3.63, 3.8) is 0 Å². The van der Waals surface area contributed by atoms with Crippen molar-refractivity contribution in [1.82, 2.24) is 15.8 Å². The quantitative estimate of drug-likeness (QED) is 0.908. The lowest BCUT2D eigenvalue weighted by atomic mass is 10.1. The molecule has 1 amide bonds. The second-order valence-corrected chi connectivity index (χ2v) is 5.19. The summed E-state index contributed by atoms with van der Waals surface area (Å²) in [5.74, 6) is 0.318. The first kappa shape index (κ1) is 15.8. The largest absolute Gasteiger partial charge is 0.355 e.